The van der Waals surface area contributed by atoms with Gasteiger partial charge in [0.05, 0.1) is 100 Å². The zero-order valence-corrected chi connectivity index (χ0v) is 64.2. The summed E-state index contributed by atoms with van der Waals surface area (Å²) in [6.07, 6.45) is 0. The minimum atomic E-state index is -0.574. The number of fused-ring (bicyclic) bond motifs is 29. The van der Waals surface area contributed by atoms with Crippen molar-refractivity contribution >= 4 is 111 Å². The number of nitrogens with zero attached hydrogens (tertiary/aromatic N) is 6. The minimum absolute atomic E-state index is 0.549. The molecule has 0 amide bonds. The Kier molecular flexibility index (Phi) is 14.1. The van der Waals surface area contributed by atoms with E-state index in [0.717, 1.165) is 56.4 Å². The molecule has 8 heteroatoms. The Morgan fingerprint density at radius 1 is 0.198 bits per heavy atom. The Bertz CT molecular complexity index is 7790. The van der Waals surface area contributed by atoms with Crippen LogP contribution in [0, 0.1) is 0 Å². The summed E-state index contributed by atoms with van der Waals surface area (Å²) >= 11 is 3.81. The van der Waals surface area contributed by atoms with Gasteiger partial charge < -0.3 is 18.3 Å². The molecule has 0 bridgehead atoms. The largest absolute Gasteiger partial charge is 0.309 e. The normalized spacial score (nSPS) is 15.2. The third-order valence-electron chi connectivity index (χ3n) is 25.1. The van der Waals surface area contributed by atoms with E-state index < -0.39 is 10.8 Å². The molecule has 22 aromatic rings. The van der Waals surface area contributed by atoms with Crippen molar-refractivity contribution in [1.82, 2.24) is 28.2 Å². The fraction of sp³-hybridized carbons (Fsp3) is 0.0185. The lowest BCUT2D eigenvalue weighted by Crippen LogP contribution is -2.37. The first kappa shape index (κ1) is 65.3. The highest BCUT2D eigenvalue weighted by Crippen LogP contribution is 2.64. The molecule has 4 aliphatic heterocycles. The van der Waals surface area contributed by atoms with Gasteiger partial charge in [-0.1, -0.05) is 339 Å². The first-order chi connectivity index (χ1) is 57.6. The van der Waals surface area contributed by atoms with Crippen LogP contribution in [0.2, 0.25) is 0 Å². The van der Waals surface area contributed by atoms with Gasteiger partial charge in [0.1, 0.15) is 0 Å². The monoisotopic (exact) mass is 1510 g/mol. The van der Waals surface area contributed by atoms with Crippen molar-refractivity contribution in [3.8, 4) is 67.8 Å². The van der Waals surface area contributed by atoms with Crippen LogP contribution in [0.25, 0.3) is 155 Å². The first-order valence-electron chi connectivity index (χ1n) is 39.8. The van der Waals surface area contributed by atoms with E-state index in [2.05, 4.69) is 419 Å². The average molecular weight is 1510 g/mol. The molecule has 2 atom stereocenters. The van der Waals surface area contributed by atoms with Crippen LogP contribution in [0.5, 0.6) is 0 Å². The highest BCUT2D eigenvalue weighted by molar-refractivity contribution is 8.00. The van der Waals surface area contributed by atoms with Crippen molar-refractivity contribution in [1.29, 1.82) is 0 Å². The topological polar surface area (TPSA) is 45.5 Å². The van der Waals surface area contributed by atoms with Crippen molar-refractivity contribution < 1.29 is 0 Å². The van der Waals surface area contributed by atoms with Gasteiger partial charge in [0, 0.05) is 84.9 Å². The second-order valence-corrected chi connectivity index (χ2v) is 33.0. The average Bonchev–Trinajstić information content (AvgIpc) is 1.32. The number of hydrogen-bond donors (Lipinski definition) is 0. The summed E-state index contributed by atoms with van der Waals surface area (Å²) in [4.78, 5) is 15.7. The van der Waals surface area contributed by atoms with E-state index in [1.807, 2.05) is 23.5 Å². The molecule has 0 aliphatic carbocycles. The van der Waals surface area contributed by atoms with Crippen molar-refractivity contribution in [2.24, 2.45) is 0 Å². The van der Waals surface area contributed by atoms with E-state index in [1.54, 1.807) is 0 Å². The zero-order valence-electron chi connectivity index (χ0n) is 62.6. The summed E-state index contributed by atoms with van der Waals surface area (Å²) in [7, 11) is 0. The predicted octanol–water partition coefficient (Wildman–Crippen LogP) is 27.5. The molecule has 540 valence electrons. The zero-order chi connectivity index (χ0) is 75.9. The van der Waals surface area contributed by atoms with Crippen LogP contribution in [-0.4, -0.2) is 28.2 Å². The Balaban J connectivity index is 0.000000130. The van der Waals surface area contributed by atoms with Gasteiger partial charge in [0.2, 0.25) is 0 Å². The SMILES string of the molecule is c1ccc(-c2cc(-n3c4ccccc4c4cc5c(cc43)Sc3ccccc3C53c4ccccc4-n4c5ccccc5c5cccc3c54)cc(-c3ccccc3)n2)cc1.c1ccc(-c2cc(-n3c4ccccc4c4ccc5c(c43)Sc3ccccc3C53c4ccccc4-n4c5ccccc5c5cccc3c54)cc(-c3ccccc3)n2)cc1. The molecule has 4 aliphatic rings. The molecular formula is C108H66N6S2. The second-order valence-electron chi connectivity index (χ2n) is 30.9. The van der Waals surface area contributed by atoms with Gasteiger partial charge >= 0.3 is 0 Å². The Morgan fingerprint density at radius 2 is 0.543 bits per heavy atom. The molecular weight excluding hydrogens is 1450 g/mol. The number of benzene rings is 16. The standard InChI is InChI=1S/2C54H33N3S/c1-3-16-34(17-4-1)45-30-36(31-46(55-45)35-18-5-2-6-19-35)56-47-26-11-8-21-38(47)40-32-44-52(33-50(40)56)58-51-29-14-10-24-42(51)54(44)41-23-9-13-28-49(41)57-48-27-12-7-20-37(48)39-22-15-25-43(54)53(39)57;1-3-16-34(17-4-1)45-32-36(33-46(55-45)35-18-5-2-6-19-35)56-47-26-11-7-21-38(47)40-30-31-44-53(52(40)56)58-50-29-14-10-24-42(50)54(44)41-23-9-13-28-49(41)57-48-27-12-8-20-37(48)39-22-15-25-43(54)51(39)57/h2*1-33H. The fourth-order valence-electron chi connectivity index (χ4n) is 20.5. The second kappa shape index (κ2) is 25.1. The van der Waals surface area contributed by atoms with Crippen LogP contribution in [-0.2, 0) is 10.8 Å². The van der Waals surface area contributed by atoms with E-state index in [-0.39, 0.29) is 0 Å². The summed E-state index contributed by atoms with van der Waals surface area (Å²) in [5, 5.41) is 10.1. The molecule has 0 saturated heterocycles. The Hall–Kier alpha value is -14.3. The van der Waals surface area contributed by atoms with Crippen LogP contribution in [0.1, 0.15) is 44.5 Å². The molecule has 0 N–H and O–H groups in total. The number of para-hydroxylation sites is 8. The highest BCUT2D eigenvalue weighted by atomic mass is 32.2. The summed E-state index contributed by atoms with van der Waals surface area (Å²) in [6.45, 7) is 0. The van der Waals surface area contributed by atoms with Crippen molar-refractivity contribution in [3.63, 3.8) is 0 Å². The molecule has 16 aromatic carbocycles. The molecule has 0 saturated carbocycles. The Labute approximate surface area is 677 Å². The number of aromatic nitrogens is 6. The quantitative estimate of drug-likeness (QED) is 0.166. The van der Waals surface area contributed by atoms with Gasteiger partial charge in [-0.05, 0) is 129 Å². The highest BCUT2D eigenvalue weighted by Gasteiger charge is 2.52. The smallest absolute Gasteiger partial charge is 0.0765 e. The minimum Gasteiger partial charge on any atom is -0.309 e. The van der Waals surface area contributed by atoms with Gasteiger partial charge in [-0.2, -0.15) is 0 Å². The van der Waals surface area contributed by atoms with Crippen LogP contribution < -0.4 is 0 Å². The van der Waals surface area contributed by atoms with Crippen LogP contribution in [0.15, 0.2) is 420 Å². The van der Waals surface area contributed by atoms with Gasteiger partial charge in [0.15, 0.2) is 0 Å². The van der Waals surface area contributed by atoms with E-state index >= 15 is 0 Å². The molecule has 2 spiro atoms. The summed E-state index contributed by atoms with van der Waals surface area (Å²) < 4.78 is 10.0. The van der Waals surface area contributed by atoms with Crippen LogP contribution >= 0.6 is 23.5 Å². The molecule has 116 heavy (non-hydrogen) atoms. The van der Waals surface area contributed by atoms with Gasteiger partial charge in [-0.15, -0.1) is 0 Å². The molecule has 2 unspecified atom stereocenters. The van der Waals surface area contributed by atoms with Crippen molar-refractivity contribution in [3.05, 3.63) is 445 Å². The van der Waals surface area contributed by atoms with Crippen molar-refractivity contribution in [2.75, 3.05) is 0 Å². The van der Waals surface area contributed by atoms with E-state index in [9.17, 15) is 0 Å². The summed E-state index contributed by atoms with van der Waals surface area (Å²) in [6, 6.07) is 147. The van der Waals surface area contributed by atoms with Crippen LogP contribution in [0.4, 0.5) is 0 Å². The van der Waals surface area contributed by atoms with E-state index in [4.69, 9.17) is 9.97 Å². The Morgan fingerprint density at radius 3 is 1.02 bits per heavy atom. The lowest BCUT2D eigenvalue weighted by molar-refractivity contribution is 0.691. The van der Waals surface area contributed by atoms with Gasteiger partial charge in [-0.3, -0.25) is 0 Å². The van der Waals surface area contributed by atoms with E-state index in [0.29, 0.717) is 0 Å². The maximum Gasteiger partial charge on any atom is 0.0765 e. The number of rotatable bonds is 6. The third kappa shape index (κ3) is 9.10. The summed E-state index contributed by atoms with van der Waals surface area (Å²) in [5.74, 6) is 0. The molecule has 0 radical (unpaired) electrons. The third-order valence-corrected chi connectivity index (χ3v) is 27.4. The first-order valence-corrected chi connectivity index (χ1v) is 41.4. The molecule has 0 fully saturated rings. The fourth-order valence-corrected chi connectivity index (χ4v) is 23.0. The lowest BCUT2D eigenvalue weighted by atomic mass is 9.62. The molecule has 6 nitrogen and oxygen atoms in total. The molecule has 26 rings (SSSR count). The molecule has 10 heterocycles. The van der Waals surface area contributed by atoms with Gasteiger partial charge in [-0.25, -0.2) is 9.97 Å². The van der Waals surface area contributed by atoms with E-state index in [1.165, 1.54) is 163 Å². The number of hydrogen-bond acceptors (Lipinski definition) is 4. The maximum atomic E-state index is 5.29. The van der Waals surface area contributed by atoms with Crippen LogP contribution in [0.3, 0.4) is 0 Å². The van der Waals surface area contributed by atoms with Gasteiger partial charge in [0.25, 0.3) is 0 Å². The molecule has 6 aromatic heterocycles. The van der Waals surface area contributed by atoms with Crippen molar-refractivity contribution in [2.45, 2.75) is 30.4 Å². The number of pyridine rings is 2. The lowest BCUT2D eigenvalue weighted by Gasteiger charge is -2.45. The maximum absolute atomic E-state index is 5.29. The summed E-state index contributed by atoms with van der Waals surface area (Å²) in [5.41, 5.74) is 32.0. The predicted molar refractivity (Wildman–Crippen MR) is 480 cm³/mol.